The third kappa shape index (κ3) is 5.24. The molecule has 0 unspecified atom stereocenters. The molecule has 1 fully saturated rings. The summed E-state index contributed by atoms with van der Waals surface area (Å²) in [5.74, 6) is 2.09. The largest absolute Gasteiger partial charge is 0.497 e. The maximum atomic E-state index is 13.3. The highest BCUT2D eigenvalue weighted by Gasteiger charge is 2.24. The minimum absolute atomic E-state index is 0.128. The molecule has 8 nitrogen and oxygen atoms in total. The van der Waals surface area contributed by atoms with Crippen LogP contribution in [0, 0.1) is 0 Å². The first kappa shape index (κ1) is 24.0. The third-order valence-corrected chi connectivity index (χ3v) is 6.67. The van der Waals surface area contributed by atoms with Crippen molar-refractivity contribution in [3.05, 3.63) is 72.6 Å². The standard InChI is InChI=1S/C28H31N5O3/c1-3-33(25-10-6-8-21-7-4-5-9-24(21)25)27(34)20-32-17-15-31(16-18-32)19-26-29-28(30-36-26)22-11-13-23(35-2)14-12-22/h4-14H,3,15-20H2,1-2H3. The van der Waals surface area contributed by atoms with E-state index in [0.717, 1.165) is 54.0 Å². The van der Waals surface area contributed by atoms with Crippen molar-refractivity contribution in [1.29, 1.82) is 0 Å². The van der Waals surface area contributed by atoms with E-state index in [1.165, 1.54) is 0 Å². The van der Waals surface area contributed by atoms with Gasteiger partial charge in [-0.15, -0.1) is 0 Å². The van der Waals surface area contributed by atoms with Gasteiger partial charge < -0.3 is 14.2 Å². The van der Waals surface area contributed by atoms with E-state index in [-0.39, 0.29) is 5.91 Å². The first-order valence-corrected chi connectivity index (χ1v) is 12.3. The van der Waals surface area contributed by atoms with E-state index >= 15 is 0 Å². The van der Waals surface area contributed by atoms with E-state index in [0.29, 0.717) is 31.3 Å². The number of likely N-dealkylation sites (N-methyl/N-ethyl adjacent to an activating group) is 1. The van der Waals surface area contributed by atoms with Gasteiger partial charge in [-0.05, 0) is 42.6 Å². The molecule has 2 heterocycles. The first-order valence-electron chi connectivity index (χ1n) is 12.3. The van der Waals surface area contributed by atoms with E-state index in [2.05, 4.69) is 38.1 Å². The molecule has 4 aromatic rings. The summed E-state index contributed by atoms with van der Waals surface area (Å²) in [7, 11) is 1.64. The summed E-state index contributed by atoms with van der Waals surface area (Å²) < 4.78 is 10.7. The van der Waals surface area contributed by atoms with Crippen LogP contribution >= 0.6 is 0 Å². The van der Waals surface area contributed by atoms with Gasteiger partial charge in [0.1, 0.15) is 5.75 Å². The summed E-state index contributed by atoms with van der Waals surface area (Å²) in [5.41, 5.74) is 1.86. The number of anilines is 1. The van der Waals surface area contributed by atoms with Gasteiger partial charge in [0.05, 0.1) is 25.9 Å². The Hall–Kier alpha value is -3.75. The summed E-state index contributed by atoms with van der Waals surface area (Å²) in [6.07, 6.45) is 0. The predicted molar refractivity (Wildman–Crippen MR) is 140 cm³/mol. The second-order valence-corrected chi connectivity index (χ2v) is 8.93. The molecule has 186 valence electrons. The van der Waals surface area contributed by atoms with E-state index < -0.39 is 0 Å². The summed E-state index contributed by atoms with van der Waals surface area (Å²) in [6.45, 7) is 7.00. The molecule has 0 saturated carbocycles. The monoisotopic (exact) mass is 485 g/mol. The molecule has 0 radical (unpaired) electrons. The fourth-order valence-electron chi connectivity index (χ4n) is 4.67. The Morgan fingerprint density at radius 2 is 1.69 bits per heavy atom. The summed E-state index contributed by atoms with van der Waals surface area (Å²) in [4.78, 5) is 24.2. The molecule has 0 N–H and O–H groups in total. The average molecular weight is 486 g/mol. The summed E-state index contributed by atoms with van der Waals surface area (Å²) >= 11 is 0. The Morgan fingerprint density at radius 1 is 0.972 bits per heavy atom. The lowest BCUT2D eigenvalue weighted by molar-refractivity contribution is -0.120. The van der Waals surface area contributed by atoms with E-state index in [9.17, 15) is 4.79 Å². The van der Waals surface area contributed by atoms with E-state index in [4.69, 9.17) is 9.26 Å². The van der Waals surface area contributed by atoms with Crippen molar-refractivity contribution in [3.8, 4) is 17.1 Å². The van der Waals surface area contributed by atoms with Gasteiger partial charge in [0, 0.05) is 43.7 Å². The molecule has 1 aromatic heterocycles. The zero-order valence-electron chi connectivity index (χ0n) is 20.8. The molecule has 0 aliphatic carbocycles. The zero-order chi connectivity index (χ0) is 24.9. The number of ether oxygens (including phenoxy) is 1. The Bertz CT molecular complexity index is 1310. The maximum absolute atomic E-state index is 13.3. The molecule has 1 saturated heterocycles. The zero-order valence-corrected chi connectivity index (χ0v) is 20.8. The average Bonchev–Trinajstić information content (AvgIpc) is 3.39. The van der Waals surface area contributed by atoms with Gasteiger partial charge >= 0.3 is 0 Å². The number of carbonyl (C=O) groups is 1. The molecule has 1 aliphatic heterocycles. The second kappa shape index (κ2) is 10.9. The lowest BCUT2D eigenvalue weighted by Gasteiger charge is -2.34. The molecule has 0 bridgehead atoms. The quantitative estimate of drug-likeness (QED) is 0.372. The molecule has 3 aromatic carbocycles. The Balaban J connectivity index is 1.15. The number of carbonyl (C=O) groups excluding carboxylic acids is 1. The van der Waals surface area contributed by atoms with Crippen LogP contribution in [0.15, 0.2) is 71.3 Å². The first-order chi connectivity index (χ1) is 17.6. The van der Waals surface area contributed by atoms with Crippen molar-refractivity contribution < 1.29 is 14.1 Å². The number of hydrogen-bond acceptors (Lipinski definition) is 7. The van der Waals surface area contributed by atoms with Crippen LogP contribution in [0.5, 0.6) is 5.75 Å². The van der Waals surface area contributed by atoms with Crippen molar-refractivity contribution in [2.45, 2.75) is 13.5 Å². The molecule has 1 aliphatic rings. The lowest BCUT2D eigenvalue weighted by atomic mass is 10.1. The van der Waals surface area contributed by atoms with Crippen LogP contribution in [-0.4, -0.2) is 72.2 Å². The number of hydrogen-bond donors (Lipinski definition) is 0. The second-order valence-electron chi connectivity index (χ2n) is 8.93. The molecule has 0 atom stereocenters. The smallest absolute Gasteiger partial charge is 0.241 e. The van der Waals surface area contributed by atoms with Gasteiger partial charge in [-0.3, -0.25) is 14.6 Å². The predicted octanol–water partition coefficient (Wildman–Crippen LogP) is 4.07. The molecule has 8 heteroatoms. The van der Waals surface area contributed by atoms with Crippen LogP contribution in [0.4, 0.5) is 5.69 Å². The fourth-order valence-corrected chi connectivity index (χ4v) is 4.67. The van der Waals surface area contributed by atoms with Crippen molar-refractivity contribution in [1.82, 2.24) is 19.9 Å². The highest BCUT2D eigenvalue weighted by Crippen LogP contribution is 2.27. The molecular formula is C28H31N5O3. The van der Waals surface area contributed by atoms with E-state index in [1.54, 1.807) is 7.11 Å². The van der Waals surface area contributed by atoms with Gasteiger partial charge in [-0.2, -0.15) is 4.98 Å². The fraction of sp³-hybridized carbons (Fsp3) is 0.321. The van der Waals surface area contributed by atoms with Gasteiger partial charge in [-0.25, -0.2) is 0 Å². The van der Waals surface area contributed by atoms with Crippen LogP contribution in [0.3, 0.4) is 0 Å². The van der Waals surface area contributed by atoms with Crippen LogP contribution in [0.25, 0.3) is 22.2 Å². The van der Waals surface area contributed by atoms with Crippen molar-refractivity contribution in [3.63, 3.8) is 0 Å². The SMILES string of the molecule is CCN(C(=O)CN1CCN(Cc2nc(-c3ccc(OC)cc3)no2)CC1)c1cccc2ccccc12. The highest BCUT2D eigenvalue weighted by molar-refractivity contribution is 6.04. The Kier molecular flexibility index (Phi) is 7.25. The topological polar surface area (TPSA) is 74.9 Å². The van der Waals surface area contributed by atoms with Gasteiger partial charge in [0.2, 0.25) is 17.6 Å². The van der Waals surface area contributed by atoms with Crippen LogP contribution < -0.4 is 9.64 Å². The molecule has 5 rings (SSSR count). The number of fused-ring (bicyclic) bond motifs is 1. The molecular weight excluding hydrogens is 454 g/mol. The Labute approximate surface area is 211 Å². The summed E-state index contributed by atoms with van der Waals surface area (Å²) in [5, 5.41) is 6.38. The number of aromatic nitrogens is 2. The summed E-state index contributed by atoms with van der Waals surface area (Å²) in [6, 6.07) is 21.9. The van der Waals surface area contributed by atoms with Crippen molar-refractivity contribution >= 4 is 22.4 Å². The molecule has 36 heavy (non-hydrogen) atoms. The molecule has 0 spiro atoms. The van der Waals surface area contributed by atoms with Gasteiger partial charge in [0.25, 0.3) is 0 Å². The normalized spacial score (nSPS) is 14.7. The number of benzene rings is 3. The van der Waals surface area contributed by atoms with Gasteiger partial charge in [0.15, 0.2) is 0 Å². The van der Waals surface area contributed by atoms with Crippen LogP contribution in [-0.2, 0) is 11.3 Å². The van der Waals surface area contributed by atoms with Crippen molar-refractivity contribution in [2.75, 3.05) is 51.3 Å². The maximum Gasteiger partial charge on any atom is 0.241 e. The Morgan fingerprint density at radius 3 is 2.44 bits per heavy atom. The highest BCUT2D eigenvalue weighted by atomic mass is 16.5. The van der Waals surface area contributed by atoms with Crippen LogP contribution in [0.2, 0.25) is 0 Å². The minimum atomic E-state index is 0.128. The number of rotatable bonds is 8. The number of nitrogens with zero attached hydrogens (tertiary/aromatic N) is 5. The number of piperazine rings is 1. The van der Waals surface area contributed by atoms with Crippen LogP contribution in [0.1, 0.15) is 12.8 Å². The van der Waals surface area contributed by atoms with Crippen molar-refractivity contribution in [2.24, 2.45) is 0 Å². The lowest BCUT2D eigenvalue weighted by Crippen LogP contribution is -2.49. The minimum Gasteiger partial charge on any atom is -0.497 e. The third-order valence-electron chi connectivity index (χ3n) is 6.67. The molecule has 1 amide bonds. The van der Waals surface area contributed by atoms with Gasteiger partial charge in [-0.1, -0.05) is 41.6 Å². The van der Waals surface area contributed by atoms with E-state index in [1.807, 2.05) is 60.4 Å². The number of methoxy groups -OCH3 is 1. The number of amides is 1.